The Bertz CT molecular complexity index is 586. The molecule has 0 aromatic carbocycles. The summed E-state index contributed by atoms with van der Waals surface area (Å²) in [6.07, 6.45) is 1.85. The van der Waals surface area contributed by atoms with Crippen LogP contribution >= 0.6 is 22.9 Å². The van der Waals surface area contributed by atoms with Gasteiger partial charge in [-0.15, -0.1) is 11.3 Å². The highest BCUT2D eigenvalue weighted by Crippen LogP contribution is 2.23. The van der Waals surface area contributed by atoms with Crippen molar-refractivity contribution in [2.45, 2.75) is 32.6 Å². The van der Waals surface area contributed by atoms with E-state index in [0.29, 0.717) is 28.9 Å². The summed E-state index contributed by atoms with van der Waals surface area (Å²) in [5.74, 6) is -0.655. The molecule has 1 unspecified atom stereocenters. The number of halogens is 1. The topological polar surface area (TPSA) is 63.7 Å². The van der Waals surface area contributed by atoms with E-state index >= 15 is 0 Å². The molecular weight excluding hydrogens is 338 g/mol. The van der Waals surface area contributed by atoms with Gasteiger partial charge in [-0.25, -0.2) is 0 Å². The Kier molecular flexibility index (Phi) is 6.59. The predicted molar refractivity (Wildman–Crippen MR) is 88.8 cm³/mol. The summed E-state index contributed by atoms with van der Waals surface area (Å²) in [6.45, 7) is 3.14. The first-order chi connectivity index (χ1) is 11.0. The lowest BCUT2D eigenvalue weighted by Gasteiger charge is -2.31. The van der Waals surface area contributed by atoms with Gasteiger partial charge in [-0.1, -0.05) is 11.6 Å². The van der Waals surface area contributed by atoms with Crippen LogP contribution in [-0.4, -0.2) is 42.3 Å². The lowest BCUT2D eigenvalue weighted by atomic mass is 9.97. The minimum Gasteiger partial charge on any atom is -0.466 e. The van der Waals surface area contributed by atoms with E-state index in [1.807, 2.05) is 0 Å². The number of esters is 1. The second kappa shape index (κ2) is 8.45. The number of amides is 1. The summed E-state index contributed by atoms with van der Waals surface area (Å²) < 4.78 is 5.59. The van der Waals surface area contributed by atoms with Gasteiger partial charge in [0.15, 0.2) is 5.78 Å². The number of nitrogens with zero attached hydrogens (tertiary/aromatic N) is 1. The molecule has 1 aromatic rings. The van der Waals surface area contributed by atoms with Crippen molar-refractivity contribution in [2.75, 3.05) is 19.7 Å². The van der Waals surface area contributed by atoms with Gasteiger partial charge in [0.1, 0.15) is 0 Å². The number of ether oxygens (including phenoxy) is 1. The third kappa shape index (κ3) is 5.04. The number of carbonyl (C=O) groups is 3. The van der Waals surface area contributed by atoms with Gasteiger partial charge >= 0.3 is 5.97 Å². The second-order valence-electron chi connectivity index (χ2n) is 5.46. The molecule has 1 amide bonds. The number of hydrogen-bond donors (Lipinski definition) is 0. The highest BCUT2D eigenvalue weighted by atomic mass is 35.5. The van der Waals surface area contributed by atoms with E-state index in [1.165, 1.54) is 11.3 Å². The Labute approximate surface area is 144 Å². The zero-order valence-corrected chi connectivity index (χ0v) is 14.6. The van der Waals surface area contributed by atoms with Gasteiger partial charge in [0.25, 0.3) is 0 Å². The van der Waals surface area contributed by atoms with Gasteiger partial charge in [0.2, 0.25) is 5.91 Å². The van der Waals surface area contributed by atoms with Crippen molar-refractivity contribution in [3.8, 4) is 0 Å². The molecule has 126 valence electrons. The molecule has 0 bridgehead atoms. The van der Waals surface area contributed by atoms with Crippen LogP contribution in [0.5, 0.6) is 0 Å². The number of hydrogen-bond acceptors (Lipinski definition) is 5. The summed E-state index contributed by atoms with van der Waals surface area (Å²) in [6, 6.07) is 3.35. The average molecular weight is 358 g/mol. The minimum absolute atomic E-state index is 0.0748. The van der Waals surface area contributed by atoms with Crippen LogP contribution in [0.15, 0.2) is 12.1 Å². The lowest BCUT2D eigenvalue weighted by Crippen LogP contribution is -2.42. The molecule has 2 heterocycles. The van der Waals surface area contributed by atoms with Crippen molar-refractivity contribution in [1.29, 1.82) is 0 Å². The molecule has 1 saturated heterocycles. The van der Waals surface area contributed by atoms with E-state index in [4.69, 9.17) is 16.3 Å². The number of rotatable bonds is 6. The lowest BCUT2D eigenvalue weighted by molar-refractivity contribution is -0.151. The summed E-state index contributed by atoms with van der Waals surface area (Å²) in [7, 11) is 0. The van der Waals surface area contributed by atoms with Gasteiger partial charge in [-0.2, -0.15) is 0 Å². The molecule has 2 rings (SSSR count). The molecule has 1 aliphatic rings. The van der Waals surface area contributed by atoms with Gasteiger partial charge in [-0.3, -0.25) is 14.4 Å². The molecule has 0 saturated carbocycles. The maximum absolute atomic E-state index is 12.3. The van der Waals surface area contributed by atoms with Crippen LogP contribution in [0, 0.1) is 5.92 Å². The Morgan fingerprint density at radius 3 is 2.78 bits per heavy atom. The van der Waals surface area contributed by atoms with Crippen molar-refractivity contribution >= 4 is 40.6 Å². The van der Waals surface area contributed by atoms with Crippen LogP contribution in [0.1, 0.15) is 42.3 Å². The summed E-state index contributed by atoms with van der Waals surface area (Å²) in [5.41, 5.74) is 0. The van der Waals surface area contributed by atoms with E-state index in [-0.39, 0.29) is 36.4 Å². The third-order valence-electron chi connectivity index (χ3n) is 3.81. The molecule has 23 heavy (non-hydrogen) atoms. The fourth-order valence-electron chi connectivity index (χ4n) is 2.62. The quantitative estimate of drug-likeness (QED) is 0.579. The number of piperidine rings is 1. The van der Waals surface area contributed by atoms with Crippen molar-refractivity contribution in [3.63, 3.8) is 0 Å². The molecule has 0 spiro atoms. The van der Waals surface area contributed by atoms with E-state index < -0.39 is 0 Å². The van der Waals surface area contributed by atoms with Crippen molar-refractivity contribution in [2.24, 2.45) is 5.92 Å². The first kappa shape index (κ1) is 17.9. The van der Waals surface area contributed by atoms with Gasteiger partial charge < -0.3 is 9.64 Å². The Morgan fingerprint density at radius 2 is 2.13 bits per heavy atom. The molecule has 1 atom stereocenters. The largest absolute Gasteiger partial charge is 0.466 e. The van der Waals surface area contributed by atoms with Crippen LogP contribution in [0.4, 0.5) is 0 Å². The van der Waals surface area contributed by atoms with Crippen LogP contribution in [0.2, 0.25) is 4.34 Å². The SMILES string of the molecule is CCOC(=O)C1CCCN(C(=O)CCC(=O)c2ccc(Cl)s2)C1. The summed E-state index contributed by atoms with van der Waals surface area (Å²) in [4.78, 5) is 38.3. The molecule has 1 aromatic heterocycles. The highest BCUT2D eigenvalue weighted by molar-refractivity contribution is 7.18. The number of carbonyl (C=O) groups excluding carboxylic acids is 3. The molecule has 5 nitrogen and oxygen atoms in total. The summed E-state index contributed by atoms with van der Waals surface area (Å²) in [5, 5.41) is 0. The van der Waals surface area contributed by atoms with Crippen molar-refractivity contribution in [3.05, 3.63) is 21.3 Å². The number of ketones is 1. The van der Waals surface area contributed by atoms with Gasteiger partial charge in [0.05, 0.1) is 21.7 Å². The molecule has 1 aliphatic heterocycles. The van der Waals surface area contributed by atoms with Crippen molar-refractivity contribution in [1.82, 2.24) is 4.90 Å². The average Bonchev–Trinajstić information content (AvgIpc) is 2.99. The summed E-state index contributed by atoms with van der Waals surface area (Å²) >= 11 is 7.03. The Balaban J connectivity index is 1.83. The first-order valence-electron chi connectivity index (χ1n) is 7.74. The maximum atomic E-state index is 12.3. The first-order valence-corrected chi connectivity index (χ1v) is 8.93. The normalized spacial score (nSPS) is 17.8. The zero-order chi connectivity index (χ0) is 16.8. The van der Waals surface area contributed by atoms with Gasteiger partial charge in [0, 0.05) is 25.9 Å². The highest BCUT2D eigenvalue weighted by Gasteiger charge is 2.29. The molecule has 7 heteroatoms. The van der Waals surface area contributed by atoms with Crippen LogP contribution in [-0.2, 0) is 14.3 Å². The Morgan fingerprint density at radius 1 is 1.35 bits per heavy atom. The molecule has 0 aliphatic carbocycles. The molecule has 1 fully saturated rings. The van der Waals surface area contributed by atoms with Crippen LogP contribution < -0.4 is 0 Å². The maximum Gasteiger partial charge on any atom is 0.310 e. The third-order valence-corrected chi connectivity index (χ3v) is 5.08. The van der Waals surface area contributed by atoms with Gasteiger partial charge in [-0.05, 0) is 31.9 Å². The van der Waals surface area contributed by atoms with Crippen LogP contribution in [0.25, 0.3) is 0 Å². The standard InChI is InChI=1S/C16H20ClNO4S/c1-2-22-16(21)11-4-3-9-18(10-11)15(20)8-5-12(19)13-6-7-14(17)23-13/h6-7,11H,2-5,8-10H2,1H3. The van der Waals surface area contributed by atoms with E-state index in [9.17, 15) is 14.4 Å². The fourth-order valence-corrected chi connectivity index (χ4v) is 3.63. The van der Waals surface area contributed by atoms with E-state index in [2.05, 4.69) is 0 Å². The van der Waals surface area contributed by atoms with E-state index in [1.54, 1.807) is 24.0 Å². The smallest absolute Gasteiger partial charge is 0.310 e. The predicted octanol–water partition coefficient (Wildman–Crippen LogP) is 3.17. The minimum atomic E-state index is -0.251. The fraction of sp³-hybridized carbons (Fsp3) is 0.562. The van der Waals surface area contributed by atoms with E-state index in [0.717, 1.165) is 12.8 Å². The number of likely N-dealkylation sites (tertiary alicyclic amines) is 1. The molecule has 0 radical (unpaired) electrons. The Hall–Kier alpha value is -1.40. The van der Waals surface area contributed by atoms with Crippen LogP contribution in [0.3, 0.4) is 0 Å². The molecular formula is C16H20ClNO4S. The number of thiophene rings is 1. The monoisotopic (exact) mass is 357 g/mol. The zero-order valence-electron chi connectivity index (χ0n) is 13.0. The second-order valence-corrected chi connectivity index (χ2v) is 7.17. The number of Topliss-reactive ketones (excluding diaryl/α,β-unsaturated/α-hetero) is 1. The molecule has 0 N–H and O–H groups in total. The van der Waals surface area contributed by atoms with Crippen molar-refractivity contribution < 1.29 is 19.1 Å².